The van der Waals surface area contributed by atoms with Crippen LogP contribution in [0.1, 0.15) is 101 Å². The number of amides is 3. The number of carbonyl (C=O) groups is 3. The average Bonchev–Trinajstić information content (AvgIpc) is 3.76. The van der Waals surface area contributed by atoms with E-state index in [1.54, 1.807) is 18.1 Å². The molecule has 3 fully saturated rings. The van der Waals surface area contributed by atoms with Crippen LogP contribution in [-0.2, 0) is 28.0 Å². The van der Waals surface area contributed by atoms with Crippen molar-refractivity contribution in [1.82, 2.24) is 15.1 Å². The summed E-state index contributed by atoms with van der Waals surface area (Å²) in [5.74, 6) is 0.720. The van der Waals surface area contributed by atoms with E-state index in [-0.39, 0.29) is 47.1 Å². The molecule has 0 unspecified atom stereocenters. The lowest BCUT2D eigenvalue weighted by Gasteiger charge is -2.41. The first-order chi connectivity index (χ1) is 28.7. The van der Waals surface area contributed by atoms with Crippen LogP contribution in [0.4, 0.5) is 10.1 Å². The number of fused-ring (bicyclic) bond motifs is 4. The van der Waals surface area contributed by atoms with Crippen LogP contribution in [0.15, 0.2) is 72.8 Å². The first-order valence-corrected chi connectivity index (χ1v) is 21.3. The van der Waals surface area contributed by atoms with Gasteiger partial charge in [0, 0.05) is 60.6 Å². The van der Waals surface area contributed by atoms with Gasteiger partial charge in [0.05, 0.1) is 19.4 Å². The van der Waals surface area contributed by atoms with Crippen molar-refractivity contribution in [1.29, 1.82) is 0 Å². The van der Waals surface area contributed by atoms with Crippen LogP contribution in [0.3, 0.4) is 0 Å². The average molecular weight is 799 g/mol. The molecule has 0 aromatic heterocycles. The molecule has 10 nitrogen and oxygen atoms in total. The summed E-state index contributed by atoms with van der Waals surface area (Å²) >= 11 is 0. The quantitative estimate of drug-likeness (QED) is 0.197. The van der Waals surface area contributed by atoms with Crippen molar-refractivity contribution >= 4 is 23.4 Å². The third-order valence-electron chi connectivity index (χ3n) is 14.4. The third kappa shape index (κ3) is 6.62. The number of anilines is 1. The molecule has 59 heavy (non-hydrogen) atoms. The van der Waals surface area contributed by atoms with Crippen molar-refractivity contribution in [3.8, 4) is 17.2 Å². The van der Waals surface area contributed by atoms with Crippen molar-refractivity contribution in [3.63, 3.8) is 0 Å². The number of hydrogen-bond donors (Lipinski definition) is 2. The number of carbonyl (C=O) groups excluding carboxylic acids is 3. The molecule has 2 N–H and O–H groups in total. The summed E-state index contributed by atoms with van der Waals surface area (Å²) in [6, 6.07) is 23.5. The van der Waals surface area contributed by atoms with Crippen LogP contribution in [0.25, 0.3) is 0 Å². The summed E-state index contributed by atoms with van der Waals surface area (Å²) in [7, 11) is 1.57. The normalized spacial score (nSPS) is 24.1. The van der Waals surface area contributed by atoms with Gasteiger partial charge < -0.3 is 29.3 Å². The van der Waals surface area contributed by atoms with Gasteiger partial charge in [-0.2, -0.15) is 0 Å². The van der Waals surface area contributed by atoms with Gasteiger partial charge in [-0.05, 0) is 122 Å². The van der Waals surface area contributed by atoms with E-state index >= 15 is 4.39 Å². The number of piperidine rings is 3. The highest BCUT2D eigenvalue weighted by Crippen LogP contribution is 2.51. The molecule has 0 bridgehead atoms. The van der Waals surface area contributed by atoms with Crippen LogP contribution >= 0.6 is 0 Å². The van der Waals surface area contributed by atoms with E-state index < -0.39 is 11.9 Å². The number of hydrogen-bond acceptors (Lipinski definition) is 8. The number of benzene rings is 4. The van der Waals surface area contributed by atoms with Crippen LogP contribution in [0, 0.1) is 11.7 Å². The Kier molecular flexibility index (Phi) is 9.61. The molecule has 3 amide bonds. The van der Waals surface area contributed by atoms with Gasteiger partial charge in [0.25, 0.3) is 5.91 Å². The van der Waals surface area contributed by atoms with Crippen LogP contribution < -0.4 is 19.7 Å². The number of ether oxygens (including phenoxy) is 2. The number of phenolic OH excluding ortho intramolecular Hbond substituents is 1. The zero-order valence-corrected chi connectivity index (χ0v) is 33.6. The zero-order chi connectivity index (χ0) is 40.4. The molecule has 4 aromatic carbocycles. The second kappa shape index (κ2) is 15.0. The van der Waals surface area contributed by atoms with Gasteiger partial charge in [0.2, 0.25) is 11.8 Å². The number of aryl methyl sites for hydroxylation is 1. The molecule has 6 aliphatic rings. The Morgan fingerprint density at radius 3 is 2.42 bits per heavy atom. The van der Waals surface area contributed by atoms with E-state index in [4.69, 9.17) is 9.47 Å². The molecule has 5 aliphatic heterocycles. The van der Waals surface area contributed by atoms with Crippen molar-refractivity contribution in [3.05, 3.63) is 118 Å². The molecule has 5 heterocycles. The maximum absolute atomic E-state index is 16.7. The minimum Gasteiger partial charge on any atom is -0.508 e. The zero-order valence-electron chi connectivity index (χ0n) is 33.6. The first-order valence-electron chi connectivity index (χ1n) is 21.3. The Morgan fingerprint density at radius 1 is 0.881 bits per heavy atom. The van der Waals surface area contributed by atoms with Crippen LogP contribution in [0.2, 0.25) is 0 Å². The highest BCUT2D eigenvalue weighted by Gasteiger charge is 2.46. The van der Waals surface area contributed by atoms with E-state index in [1.807, 2.05) is 30.3 Å². The maximum atomic E-state index is 16.7. The van der Waals surface area contributed by atoms with Crippen molar-refractivity contribution in [2.24, 2.45) is 5.92 Å². The molecule has 0 radical (unpaired) electrons. The second-order valence-corrected chi connectivity index (χ2v) is 17.6. The predicted octanol–water partition coefficient (Wildman–Crippen LogP) is 6.81. The van der Waals surface area contributed by atoms with E-state index in [1.165, 1.54) is 11.1 Å². The highest BCUT2D eigenvalue weighted by molar-refractivity contribution is 6.05. The Labute approximate surface area is 344 Å². The van der Waals surface area contributed by atoms with Crippen molar-refractivity contribution in [2.45, 2.75) is 81.2 Å². The fourth-order valence-corrected chi connectivity index (χ4v) is 11.2. The number of imide groups is 1. The molecule has 11 heteroatoms. The largest absolute Gasteiger partial charge is 0.508 e. The molecule has 306 valence electrons. The van der Waals surface area contributed by atoms with E-state index in [0.717, 1.165) is 99.3 Å². The fraction of sp³-hybridized carbons (Fsp3) is 0.438. The number of phenols is 1. The monoisotopic (exact) mass is 798 g/mol. The molecular weight excluding hydrogens is 748 g/mol. The van der Waals surface area contributed by atoms with E-state index in [0.29, 0.717) is 42.5 Å². The fourth-order valence-electron chi connectivity index (χ4n) is 11.2. The molecule has 3 saturated heterocycles. The van der Waals surface area contributed by atoms with Crippen molar-refractivity contribution < 1.29 is 33.4 Å². The second-order valence-electron chi connectivity index (χ2n) is 17.6. The Hall–Kier alpha value is -5.42. The number of nitrogens with one attached hydrogen (secondary N) is 1. The Balaban J connectivity index is 0.789. The Bertz CT molecular complexity index is 2320. The van der Waals surface area contributed by atoms with Crippen molar-refractivity contribution in [2.75, 3.05) is 51.3 Å². The molecule has 0 saturated carbocycles. The highest BCUT2D eigenvalue weighted by atomic mass is 19.1. The molecular formula is C48H51FN4O6. The summed E-state index contributed by atoms with van der Waals surface area (Å²) in [5, 5.41) is 12.7. The molecule has 3 atom stereocenters. The standard InChI is InChI=1S/C48H51FN4O6/c1-58-45-36(43-34(30-5-3-2-4-6-30)9-7-31-23-33(54)8-10-35(31)43)11-12-39(44(45)49)52-19-15-29(16-20-52)26-51-21-17-48(18-22-51)28-59-41-25-37-32(24-38(41)48)27-53(47(37)57)40-13-14-42(55)50-46(40)56/h2-6,8,10-12,23-25,29,34,40,43,54H,7,9,13-22,26-28H2,1H3,(H,50,55,56)/t34-,40+,43+/m1/s1. The van der Waals surface area contributed by atoms with Gasteiger partial charge in [-0.25, -0.2) is 4.39 Å². The van der Waals surface area contributed by atoms with Crippen LogP contribution in [0.5, 0.6) is 17.2 Å². The van der Waals surface area contributed by atoms with Gasteiger partial charge in [0.1, 0.15) is 17.5 Å². The predicted molar refractivity (Wildman–Crippen MR) is 221 cm³/mol. The number of rotatable bonds is 7. The minimum absolute atomic E-state index is 0.0966. The topological polar surface area (TPSA) is 112 Å². The molecule has 1 aliphatic carbocycles. The summed E-state index contributed by atoms with van der Waals surface area (Å²) in [6.45, 7) is 5.47. The van der Waals surface area contributed by atoms with Gasteiger partial charge in [0.15, 0.2) is 11.6 Å². The lowest BCUT2D eigenvalue weighted by Crippen LogP contribution is -2.52. The third-order valence-corrected chi connectivity index (χ3v) is 14.4. The number of aromatic hydroxyl groups is 1. The van der Waals surface area contributed by atoms with Gasteiger partial charge in [-0.3, -0.25) is 19.7 Å². The summed E-state index contributed by atoms with van der Waals surface area (Å²) in [4.78, 5) is 44.1. The smallest absolute Gasteiger partial charge is 0.255 e. The summed E-state index contributed by atoms with van der Waals surface area (Å²) in [5.41, 5.74) is 7.47. The van der Waals surface area contributed by atoms with E-state index in [2.05, 4.69) is 51.5 Å². The first kappa shape index (κ1) is 37.8. The van der Waals surface area contributed by atoms with Gasteiger partial charge in [-0.15, -0.1) is 0 Å². The molecule has 1 spiro atoms. The lowest BCUT2D eigenvalue weighted by molar-refractivity contribution is -0.136. The SMILES string of the molecule is COc1c([C@@H]2c3ccc(O)cc3CC[C@@H]2c2ccccc2)ccc(N2CCC(CN3CCC4(CC3)COc3cc5c(cc34)CN([C@H]3CCC(=O)NC3=O)C5=O)CC2)c1F. The maximum Gasteiger partial charge on any atom is 0.255 e. The van der Waals surface area contributed by atoms with E-state index in [9.17, 15) is 19.5 Å². The molecule has 10 rings (SSSR count). The lowest BCUT2D eigenvalue weighted by atomic mass is 9.69. The number of likely N-dealkylation sites (tertiary alicyclic amines) is 1. The van der Waals surface area contributed by atoms with Gasteiger partial charge in [-0.1, -0.05) is 42.5 Å². The number of nitrogens with zero attached hydrogens (tertiary/aromatic N) is 3. The van der Waals surface area contributed by atoms with Gasteiger partial charge >= 0.3 is 0 Å². The number of methoxy groups -OCH3 is 1. The molecule has 4 aromatic rings. The Morgan fingerprint density at radius 2 is 1.66 bits per heavy atom. The van der Waals surface area contributed by atoms with Crippen LogP contribution in [-0.4, -0.2) is 85.1 Å². The summed E-state index contributed by atoms with van der Waals surface area (Å²) in [6.07, 6.45) is 6.22. The summed E-state index contributed by atoms with van der Waals surface area (Å²) < 4.78 is 28.9. The minimum atomic E-state index is -0.634. The number of halogens is 1.